The highest BCUT2D eigenvalue weighted by Crippen LogP contribution is 2.22. The lowest BCUT2D eigenvalue weighted by atomic mass is 10.00. The average Bonchev–Trinajstić information content (AvgIpc) is 2.29. The first-order valence-corrected chi connectivity index (χ1v) is 4.97. The van der Waals surface area contributed by atoms with Crippen LogP contribution in [-0.4, -0.2) is 12.3 Å². The molecule has 0 aliphatic heterocycles. The van der Waals surface area contributed by atoms with Crippen molar-refractivity contribution in [3.8, 4) is 0 Å². The standard InChI is InChI=1S/C13H11NO2/c1-9-4-2-5-10-6-3-7-11(12(9)10)13(16)14-8-15/h2-8H,1H3,(H,14,15,16). The lowest BCUT2D eigenvalue weighted by Crippen LogP contribution is -2.21. The van der Waals surface area contributed by atoms with Gasteiger partial charge >= 0.3 is 0 Å². The minimum absolute atomic E-state index is 0.366. The minimum Gasteiger partial charge on any atom is -0.295 e. The fourth-order valence-corrected chi connectivity index (χ4v) is 1.85. The highest BCUT2D eigenvalue weighted by atomic mass is 16.2. The predicted molar refractivity (Wildman–Crippen MR) is 62.2 cm³/mol. The number of carbonyl (C=O) groups is 2. The van der Waals surface area contributed by atoms with Crippen LogP contribution in [0.15, 0.2) is 36.4 Å². The second kappa shape index (κ2) is 4.14. The molecular formula is C13H11NO2. The summed E-state index contributed by atoms with van der Waals surface area (Å²) in [5, 5.41) is 4.05. The molecule has 0 heterocycles. The molecule has 3 nitrogen and oxygen atoms in total. The van der Waals surface area contributed by atoms with Gasteiger partial charge < -0.3 is 0 Å². The number of carbonyl (C=O) groups excluding carboxylic acids is 2. The van der Waals surface area contributed by atoms with Crippen molar-refractivity contribution in [2.45, 2.75) is 6.92 Å². The zero-order valence-electron chi connectivity index (χ0n) is 8.86. The third-order valence-electron chi connectivity index (χ3n) is 2.55. The molecule has 1 N–H and O–H groups in total. The van der Waals surface area contributed by atoms with Crippen LogP contribution in [-0.2, 0) is 4.79 Å². The molecule has 0 spiro atoms. The highest BCUT2D eigenvalue weighted by molar-refractivity contribution is 6.10. The zero-order chi connectivity index (χ0) is 11.5. The van der Waals surface area contributed by atoms with Crippen molar-refractivity contribution in [1.29, 1.82) is 0 Å². The molecule has 0 fully saturated rings. The second-order valence-electron chi connectivity index (χ2n) is 3.57. The molecule has 2 rings (SSSR count). The third kappa shape index (κ3) is 1.67. The summed E-state index contributed by atoms with van der Waals surface area (Å²) >= 11 is 0. The molecule has 2 aromatic carbocycles. The van der Waals surface area contributed by atoms with Crippen molar-refractivity contribution in [3.63, 3.8) is 0 Å². The smallest absolute Gasteiger partial charge is 0.258 e. The Morgan fingerprint density at radius 2 is 1.88 bits per heavy atom. The van der Waals surface area contributed by atoms with E-state index in [0.717, 1.165) is 16.3 Å². The van der Waals surface area contributed by atoms with Gasteiger partial charge in [-0.1, -0.05) is 30.3 Å². The fourth-order valence-electron chi connectivity index (χ4n) is 1.85. The van der Waals surface area contributed by atoms with Crippen LogP contribution in [0.1, 0.15) is 15.9 Å². The van der Waals surface area contributed by atoms with Crippen LogP contribution in [0.3, 0.4) is 0 Å². The Labute approximate surface area is 93.1 Å². The molecule has 0 aliphatic carbocycles. The van der Waals surface area contributed by atoms with Crippen LogP contribution >= 0.6 is 0 Å². The number of imide groups is 1. The molecule has 0 atom stereocenters. The van der Waals surface area contributed by atoms with Gasteiger partial charge in [0, 0.05) is 5.56 Å². The molecule has 0 aromatic heterocycles. The van der Waals surface area contributed by atoms with Crippen LogP contribution < -0.4 is 5.32 Å². The Bertz CT molecular complexity index is 556. The molecule has 2 amide bonds. The van der Waals surface area contributed by atoms with E-state index in [4.69, 9.17) is 0 Å². The number of benzene rings is 2. The van der Waals surface area contributed by atoms with E-state index in [0.29, 0.717) is 12.0 Å². The second-order valence-corrected chi connectivity index (χ2v) is 3.57. The van der Waals surface area contributed by atoms with Gasteiger partial charge in [-0.3, -0.25) is 14.9 Å². The molecular weight excluding hydrogens is 202 g/mol. The Kier molecular flexibility index (Phi) is 2.68. The van der Waals surface area contributed by atoms with Gasteiger partial charge in [-0.25, -0.2) is 0 Å². The molecule has 0 radical (unpaired) electrons. The van der Waals surface area contributed by atoms with E-state index in [1.165, 1.54) is 0 Å². The van der Waals surface area contributed by atoms with E-state index in [1.54, 1.807) is 6.07 Å². The monoisotopic (exact) mass is 213 g/mol. The first-order chi connectivity index (χ1) is 7.74. The molecule has 0 saturated carbocycles. The summed E-state index contributed by atoms with van der Waals surface area (Å²) in [7, 11) is 0. The van der Waals surface area contributed by atoms with Gasteiger partial charge in [-0.05, 0) is 29.3 Å². The van der Waals surface area contributed by atoms with Gasteiger partial charge in [-0.2, -0.15) is 0 Å². The van der Waals surface area contributed by atoms with E-state index in [-0.39, 0.29) is 5.91 Å². The van der Waals surface area contributed by atoms with E-state index in [2.05, 4.69) is 5.32 Å². The number of hydrogen-bond donors (Lipinski definition) is 1. The van der Waals surface area contributed by atoms with Crippen molar-refractivity contribution < 1.29 is 9.59 Å². The zero-order valence-corrected chi connectivity index (χ0v) is 8.86. The average molecular weight is 213 g/mol. The van der Waals surface area contributed by atoms with Crippen LogP contribution in [0.4, 0.5) is 0 Å². The minimum atomic E-state index is -0.366. The summed E-state index contributed by atoms with van der Waals surface area (Å²) in [6, 6.07) is 11.3. The Morgan fingerprint density at radius 3 is 2.56 bits per heavy atom. The summed E-state index contributed by atoms with van der Waals surface area (Å²) in [4.78, 5) is 21.9. The van der Waals surface area contributed by atoms with Crippen molar-refractivity contribution in [2.75, 3.05) is 0 Å². The molecule has 0 bridgehead atoms. The van der Waals surface area contributed by atoms with Crippen LogP contribution in [0.5, 0.6) is 0 Å². The lowest BCUT2D eigenvalue weighted by Gasteiger charge is -2.07. The van der Waals surface area contributed by atoms with E-state index in [9.17, 15) is 9.59 Å². The molecule has 16 heavy (non-hydrogen) atoms. The molecule has 0 aliphatic rings. The summed E-state index contributed by atoms with van der Waals surface area (Å²) < 4.78 is 0. The maximum absolute atomic E-state index is 11.7. The van der Waals surface area contributed by atoms with Gasteiger partial charge in [-0.15, -0.1) is 0 Å². The lowest BCUT2D eigenvalue weighted by molar-refractivity contribution is -0.108. The molecule has 80 valence electrons. The van der Waals surface area contributed by atoms with Crippen molar-refractivity contribution in [2.24, 2.45) is 0 Å². The van der Waals surface area contributed by atoms with Crippen molar-refractivity contribution >= 4 is 23.1 Å². The number of rotatable bonds is 2. The number of amides is 2. The van der Waals surface area contributed by atoms with Gasteiger partial charge in [0.05, 0.1) is 0 Å². The Morgan fingerprint density at radius 1 is 1.19 bits per heavy atom. The Balaban J connectivity index is 2.70. The quantitative estimate of drug-likeness (QED) is 0.776. The van der Waals surface area contributed by atoms with Crippen LogP contribution in [0.25, 0.3) is 10.8 Å². The first kappa shape index (κ1) is 10.4. The molecule has 3 heteroatoms. The van der Waals surface area contributed by atoms with E-state index in [1.807, 2.05) is 37.3 Å². The molecule has 0 saturated heterocycles. The first-order valence-electron chi connectivity index (χ1n) is 4.97. The number of fused-ring (bicyclic) bond motifs is 1. The maximum atomic E-state index is 11.7. The molecule has 2 aromatic rings. The van der Waals surface area contributed by atoms with Gasteiger partial charge in [0.15, 0.2) is 0 Å². The van der Waals surface area contributed by atoms with Gasteiger partial charge in [0.2, 0.25) is 6.41 Å². The number of nitrogens with one attached hydrogen (secondary N) is 1. The van der Waals surface area contributed by atoms with Gasteiger partial charge in [0.25, 0.3) is 5.91 Å². The van der Waals surface area contributed by atoms with Crippen molar-refractivity contribution in [3.05, 3.63) is 47.5 Å². The summed E-state index contributed by atoms with van der Waals surface area (Å²) in [6.07, 6.45) is 0.402. The number of hydrogen-bond acceptors (Lipinski definition) is 2. The van der Waals surface area contributed by atoms with Crippen LogP contribution in [0, 0.1) is 6.92 Å². The summed E-state index contributed by atoms with van der Waals surface area (Å²) in [5.41, 5.74) is 1.55. The number of aryl methyl sites for hydroxylation is 1. The third-order valence-corrected chi connectivity index (χ3v) is 2.55. The Hall–Kier alpha value is -2.16. The normalized spacial score (nSPS) is 10.1. The SMILES string of the molecule is Cc1cccc2cccc(C(=O)NC=O)c12. The van der Waals surface area contributed by atoms with E-state index >= 15 is 0 Å². The fraction of sp³-hybridized carbons (Fsp3) is 0.0769. The maximum Gasteiger partial charge on any atom is 0.258 e. The van der Waals surface area contributed by atoms with E-state index < -0.39 is 0 Å². The highest BCUT2D eigenvalue weighted by Gasteiger charge is 2.10. The summed E-state index contributed by atoms with van der Waals surface area (Å²) in [6.45, 7) is 1.94. The van der Waals surface area contributed by atoms with Crippen molar-refractivity contribution in [1.82, 2.24) is 5.32 Å². The van der Waals surface area contributed by atoms with Crippen LogP contribution in [0.2, 0.25) is 0 Å². The van der Waals surface area contributed by atoms with Gasteiger partial charge in [0.1, 0.15) is 0 Å². The summed E-state index contributed by atoms with van der Waals surface area (Å²) in [5.74, 6) is -0.366. The predicted octanol–water partition coefficient (Wildman–Crippen LogP) is 2.03. The molecule has 0 unspecified atom stereocenters. The topological polar surface area (TPSA) is 46.2 Å². The largest absolute Gasteiger partial charge is 0.295 e.